The zero-order valence-corrected chi connectivity index (χ0v) is 39.3. The lowest BCUT2D eigenvalue weighted by Crippen LogP contribution is -2.18. The van der Waals surface area contributed by atoms with E-state index in [2.05, 4.69) is 231 Å². The molecule has 59 heavy (non-hydrogen) atoms. The highest BCUT2D eigenvalue weighted by molar-refractivity contribution is 7.19. The Balaban J connectivity index is 0.000000135. The molecule has 9 rings (SSSR count). The lowest BCUT2D eigenvalue weighted by molar-refractivity contribution is 0.573. The summed E-state index contributed by atoms with van der Waals surface area (Å²) in [4.78, 5) is 1.46. The first-order valence-corrected chi connectivity index (χ1v) is 22.4. The molecule has 0 amide bonds. The molecule has 0 aliphatic heterocycles. The van der Waals surface area contributed by atoms with Gasteiger partial charge in [0.2, 0.25) is 0 Å². The van der Waals surface area contributed by atoms with Crippen molar-refractivity contribution < 1.29 is 0 Å². The van der Waals surface area contributed by atoms with Crippen molar-refractivity contribution >= 4 is 53.7 Å². The van der Waals surface area contributed by atoms with Gasteiger partial charge in [-0.05, 0) is 141 Å². The van der Waals surface area contributed by atoms with Crippen molar-refractivity contribution in [3.05, 3.63) is 166 Å². The van der Waals surface area contributed by atoms with Crippen LogP contribution in [0.15, 0.2) is 127 Å². The largest absolute Gasteiger partial charge is 0.140 e. The van der Waals surface area contributed by atoms with E-state index in [1.807, 2.05) is 11.3 Å². The minimum absolute atomic E-state index is 0.109. The zero-order valence-electron chi connectivity index (χ0n) is 38.5. The summed E-state index contributed by atoms with van der Waals surface area (Å²) in [5.41, 5.74) is 12.4. The van der Waals surface area contributed by atoms with Crippen LogP contribution >= 0.6 is 11.3 Å². The van der Waals surface area contributed by atoms with Gasteiger partial charge in [0.15, 0.2) is 0 Å². The van der Waals surface area contributed by atoms with Gasteiger partial charge in [0, 0.05) is 15.0 Å². The van der Waals surface area contributed by atoms with Gasteiger partial charge < -0.3 is 0 Å². The lowest BCUT2D eigenvalue weighted by atomic mass is 9.78. The Morgan fingerprint density at radius 1 is 0.424 bits per heavy atom. The molecule has 0 unspecified atom stereocenters. The first-order chi connectivity index (χ1) is 27.4. The van der Waals surface area contributed by atoms with Gasteiger partial charge in [0.25, 0.3) is 0 Å². The van der Waals surface area contributed by atoms with Gasteiger partial charge in [0.1, 0.15) is 0 Å². The monoisotopic (exact) mass is 794 g/mol. The van der Waals surface area contributed by atoms with Crippen molar-refractivity contribution in [2.45, 2.75) is 131 Å². The van der Waals surface area contributed by atoms with Crippen LogP contribution in [-0.4, -0.2) is 0 Å². The van der Waals surface area contributed by atoms with E-state index >= 15 is 0 Å². The third-order valence-corrected chi connectivity index (χ3v) is 13.9. The fourth-order valence-electron chi connectivity index (χ4n) is 8.67. The molecule has 0 saturated carbocycles. The Hall–Kier alpha value is -4.72. The van der Waals surface area contributed by atoms with Crippen LogP contribution in [0.5, 0.6) is 0 Å². The molecule has 1 aliphatic carbocycles. The molecule has 0 N–H and O–H groups in total. The number of hydrogen-bond acceptors (Lipinski definition) is 1. The maximum absolute atomic E-state index is 2.43. The molecule has 1 heteroatoms. The van der Waals surface area contributed by atoms with Crippen molar-refractivity contribution in [1.82, 2.24) is 0 Å². The van der Waals surface area contributed by atoms with Crippen LogP contribution in [-0.2, 0) is 27.1 Å². The summed E-state index contributed by atoms with van der Waals surface area (Å²) in [6, 6.07) is 47.3. The van der Waals surface area contributed by atoms with Crippen LogP contribution in [0.2, 0.25) is 0 Å². The van der Waals surface area contributed by atoms with Crippen molar-refractivity contribution in [2.75, 3.05) is 0 Å². The summed E-state index contributed by atoms with van der Waals surface area (Å²) >= 11 is 1.92. The predicted molar refractivity (Wildman–Crippen MR) is 264 cm³/mol. The van der Waals surface area contributed by atoms with E-state index in [0.717, 1.165) is 0 Å². The van der Waals surface area contributed by atoms with Crippen molar-refractivity contribution in [3.8, 4) is 11.1 Å². The Bertz CT molecular complexity index is 2780. The first kappa shape index (κ1) is 42.4. The fraction of sp³-hybridized carbons (Fsp3) is 0.345. The fourth-order valence-corrected chi connectivity index (χ4v) is 9.82. The van der Waals surface area contributed by atoms with Crippen molar-refractivity contribution in [3.63, 3.8) is 0 Å². The average molecular weight is 795 g/mol. The standard InChI is InChI=1S/C22H26.C20H24.C16H16S/c1-21(2,3)18-12-17-11-15-9-7-8-10-16(15)13-19(17)20(14-18)22(4,5)6;1-13-11-14(19(2,3)4)12-17-18(13)15-9-7-8-10-16(15)20(17,5)6;1-16(2,3)15-10-13-8-11-6-4-5-7-12(11)9-14(13)17-15/h7-14H,1-6H3;7-12H,1-6H3;4-10H,1-3H3. The highest BCUT2D eigenvalue weighted by atomic mass is 32.1. The maximum Gasteiger partial charge on any atom is 0.0352 e. The summed E-state index contributed by atoms with van der Waals surface area (Å²) in [6.07, 6.45) is 0. The van der Waals surface area contributed by atoms with E-state index in [9.17, 15) is 0 Å². The molecule has 304 valence electrons. The van der Waals surface area contributed by atoms with E-state index in [4.69, 9.17) is 0 Å². The summed E-state index contributed by atoms with van der Waals surface area (Å²) < 4.78 is 1.40. The third-order valence-electron chi connectivity index (χ3n) is 12.4. The summed E-state index contributed by atoms with van der Waals surface area (Å²) in [5, 5.41) is 9.43. The molecule has 0 saturated heterocycles. The van der Waals surface area contributed by atoms with E-state index < -0.39 is 0 Å². The highest BCUT2D eigenvalue weighted by Gasteiger charge is 2.37. The van der Waals surface area contributed by atoms with E-state index in [0.29, 0.717) is 0 Å². The molecule has 7 aromatic carbocycles. The second-order valence-corrected chi connectivity index (χ2v) is 22.8. The topological polar surface area (TPSA) is 0 Å². The lowest BCUT2D eigenvalue weighted by Gasteiger charge is -2.27. The normalized spacial score (nSPS) is 13.8. The molecule has 1 heterocycles. The second kappa shape index (κ2) is 15.1. The van der Waals surface area contributed by atoms with Gasteiger partial charge in [-0.3, -0.25) is 0 Å². The minimum Gasteiger partial charge on any atom is -0.140 e. The van der Waals surface area contributed by atoms with Crippen LogP contribution in [0.3, 0.4) is 0 Å². The van der Waals surface area contributed by atoms with E-state index in [-0.39, 0.29) is 27.1 Å². The zero-order chi connectivity index (χ0) is 42.9. The summed E-state index contributed by atoms with van der Waals surface area (Å²) in [6.45, 7) is 34.5. The Labute approximate surface area is 359 Å². The Kier molecular flexibility index (Phi) is 10.8. The molecule has 0 radical (unpaired) electrons. The third kappa shape index (κ3) is 8.51. The van der Waals surface area contributed by atoms with Crippen molar-refractivity contribution in [2.24, 2.45) is 0 Å². The number of rotatable bonds is 0. The Morgan fingerprint density at radius 3 is 1.49 bits per heavy atom. The van der Waals surface area contributed by atoms with Crippen molar-refractivity contribution in [1.29, 1.82) is 0 Å². The predicted octanol–water partition coefficient (Wildman–Crippen LogP) is 17.5. The van der Waals surface area contributed by atoms with Crippen LogP contribution in [0.4, 0.5) is 0 Å². The van der Waals surface area contributed by atoms with Crippen LogP contribution in [0, 0.1) is 6.92 Å². The van der Waals surface area contributed by atoms with E-state index in [1.165, 1.54) is 91.8 Å². The van der Waals surface area contributed by atoms with Gasteiger partial charge in [-0.25, -0.2) is 0 Å². The SMILES string of the molecule is CC(C)(C)c1cc(C(C)(C)C)c2cc3ccccc3cc2c1.CC(C)(C)c1cc2cc3ccccc3cc2s1.Cc1cc(C(C)(C)C)cc2c1-c1ccccc1C2(C)C. The molecule has 0 nitrogen and oxygen atoms in total. The number of hydrogen-bond donors (Lipinski definition) is 0. The van der Waals surface area contributed by atoms with Crippen LogP contribution in [0.1, 0.15) is 135 Å². The number of aryl methyl sites for hydroxylation is 1. The molecular formula is C58H66S. The van der Waals surface area contributed by atoms with Crippen LogP contribution < -0.4 is 0 Å². The highest BCUT2D eigenvalue weighted by Crippen LogP contribution is 2.51. The number of benzene rings is 7. The molecule has 0 spiro atoms. The quantitative estimate of drug-likeness (QED) is 0.134. The molecule has 1 aromatic heterocycles. The molecule has 0 atom stereocenters. The Morgan fingerprint density at radius 2 is 0.932 bits per heavy atom. The second-order valence-electron chi connectivity index (χ2n) is 21.7. The van der Waals surface area contributed by atoms with Gasteiger partial charge in [-0.2, -0.15) is 0 Å². The summed E-state index contributed by atoms with van der Waals surface area (Å²) in [5.74, 6) is 0. The summed E-state index contributed by atoms with van der Waals surface area (Å²) in [7, 11) is 0. The molecule has 8 aromatic rings. The van der Waals surface area contributed by atoms with Gasteiger partial charge >= 0.3 is 0 Å². The van der Waals surface area contributed by atoms with Gasteiger partial charge in [-0.15, -0.1) is 11.3 Å². The van der Waals surface area contributed by atoms with Gasteiger partial charge in [-0.1, -0.05) is 194 Å². The first-order valence-electron chi connectivity index (χ1n) is 21.6. The molecule has 0 fully saturated rings. The molecule has 0 bridgehead atoms. The number of thiophene rings is 1. The smallest absolute Gasteiger partial charge is 0.0352 e. The maximum atomic E-state index is 2.43. The number of fused-ring (bicyclic) bond motifs is 7. The van der Waals surface area contributed by atoms with Crippen LogP contribution in [0.25, 0.3) is 53.5 Å². The van der Waals surface area contributed by atoms with E-state index in [1.54, 1.807) is 0 Å². The average Bonchev–Trinajstić information content (AvgIpc) is 3.68. The molecular weight excluding hydrogens is 729 g/mol. The van der Waals surface area contributed by atoms with Gasteiger partial charge in [0.05, 0.1) is 0 Å². The minimum atomic E-state index is 0.109. The molecule has 1 aliphatic rings.